The second kappa shape index (κ2) is 7.52. The molecule has 1 nitrogen and oxygen atoms in total. The van der Waals surface area contributed by atoms with Gasteiger partial charge in [0.25, 0.3) is 0 Å². The van der Waals surface area contributed by atoms with Crippen molar-refractivity contribution >= 4 is 23.2 Å². The number of hydrogen-bond donors (Lipinski definition) is 1. The van der Waals surface area contributed by atoms with E-state index in [4.69, 9.17) is 23.2 Å². The summed E-state index contributed by atoms with van der Waals surface area (Å²) in [5.74, 6) is 0.824. The average molecular weight is 300 g/mol. The van der Waals surface area contributed by atoms with Crippen LogP contribution in [0.2, 0.25) is 10.0 Å². The average Bonchev–Trinajstić information content (AvgIpc) is 2.69. The fourth-order valence-electron chi connectivity index (χ4n) is 2.91. The van der Waals surface area contributed by atoms with Crippen molar-refractivity contribution in [1.82, 2.24) is 5.32 Å². The molecule has 106 valence electrons. The molecule has 1 aliphatic rings. The highest BCUT2D eigenvalue weighted by molar-refractivity contribution is 6.42. The first-order chi connectivity index (χ1) is 9.16. The van der Waals surface area contributed by atoms with Gasteiger partial charge in [-0.3, -0.25) is 0 Å². The molecule has 2 rings (SSSR count). The van der Waals surface area contributed by atoms with Crippen LogP contribution < -0.4 is 5.32 Å². The van der Waals surface area contributed by atoms with E-state index in [9.17, 15) is 0 Å². The summed E-state index contributed by atoms with van der Waals surface area (Å²) in [4.78, 5) is 0. The zero-order chi connectivity index (χ0) is 13.7. The molecule has 1 atom stereocenters. The van der Waals surface area contributed by atoms with Crippen LogP contribution in [-0.2, 0) is 6.54 Å². The van der Waals surface area contributed by atoms with Gasteiger partial charge in [0.05, 0.1) is 10.0 Å². The first kappa shape index (κ1) is 15.2. The number of benzene rings is 1. The third kappa shape index (κ3) is 4.66. The fraction of sp³-hybridized carbons (Fsp3) is 0.625. The van der Waals surface area contributed by atoms with Crippen molar-refractivity contribution in [3.8, 4) is 0 Å². The molecule has 1 aromatic rings. The minimum Gasteiger partial charge on any atom is -0.310 e. The van der Waals surface area contributed by atoms with Gasteiger partial charge in [-0.05, 0) is 43.4 Å². The molecule has 0 amide bonds. The van der Waals surface area contributed by atoms with Crippen LogP contribution in [0.3, 0.4) is 0 Å². The van der Waals surface area contributed by atoms with Crippen molar-refractivity contribution in [2.75, 3.05) is 0 Å². The van der Waals surface area contributed by atoms with Crippen LogP contribution >= 0.6 is 23.2 Å². The topological polar surface area (TPSA) is 12.0 Å². The van der Waals surface area contributed by atoms with E-state index in [0.717, 1.165) is 12.5 Å². The summed E-state index contributed by atoms with van der Waals surface area (Å²) in [6, 6.07) is 6.45. The standard InChI is InChI=1S/C16H23Cl2N/c1-12(14-6-4-2-3-5-7-14)19-11-13-8-9-15(17)16(18)10-13/h8-10,12,14,19H,2-7,11H2,1H3/t12-/m1/s1. The highest BCUT2D eigenvalue weighted by Gasteiger charge is 2.18. The van der Waals surface area contributed by atoms with Gasteiger partial charge in [-0.2, -0.15) is 0 Å². The Labute approximate surface area is 126 Å². The van der Waals surface area contributed by atoms with Crippen LogP contribution in [0.1, 0.15) is 51.0 Å². The van der Waals surface area contributed by atoms with Gasteiger partial charge in [0, 0.05) is 12.6 Å². The van der Waals surface area contributed by atoms with Crippen LogP contribution in [0, 0.1) is 5.92 Å². The molecule has 1 aromatic carbocycles. The molecule has 3 heteroatoms. The zero-order valence-corrected chi connectivity index (χ0v) is 13.1. The van der Waals surface area contributed by atoms with Crippen molar-refractivity contribution in [3.05, 3.63) is 33.8 Å². The maximum Gasteiger partial charge on any atom is 0.0595 e. The summed E-state index contributed by atoms with van der Waals surface area (Å²) in [6.45, 7) is 3.18. The SMILES string of the molecule is C[C@@H](NCc1ccc(Cl)c(Cl)c1)C1CCCCCC1. The van der Waals surface area contributed by atoms with Crippen LogP contribution in [-0.4, -0.2) is 6.04 Å². The molecule has 0 aliphatic heterocycles. The molecule has 1 saturated carbocycles. The number of hydrogen-bond acceptors (Lipinski definition) is 1. The predicted molar refractivity (Wildman–Crippen MR) is 84.0 cm³/mol. The second-order valence-corrected chi connectivity index (χ2v) is 6.48. The van der Waals surface area contributed by atoms with Gasteiger partial charge < -0.3 is 5.32 Å². The minimum atomic E-state index is 0.576. The molecule has 0 spiro atoms. The van der Waals surface area contributed by atoms with Crippen LogP contribution in [0.5, 0.6) is 0 Å². The van der Waals surface area contributed by atoms with E-state index in [1.54, 1.807) is 0 Å². The van der Waals surface area contributed by atoms with Crippen molar-refractivity contribution in [3.63, 3.8) is 0 Å². The Kier molecular flexibility index (Phi) is 6.00. The van der Waals surface area contributed by atoms with E-state index in [1.165, 1.54) is 44.1 Å². The normalized spacial score (nSPS) is 19.1. The van der Waals surface area contributed by atoms with Gasteiger partial charge >= 0.3 is 0 Å². The Morgan fingerprint density at radius 2 is 1.79 bits per heavy atom. The Bertz CT molecular complexity index is 398. The summed E-state index contributed by atoms with van der Waals surface area (Å²) in [5, 5.41) is 4.91. The maximum atomic E-state index is 6.04. The van der Waals surface area contributed by atoms with E-state index in [2.05, 4.69) is 12.2 Å². The van der Waals surface area contributed by atoms with E-state index in [0.29, 0.717) is 16.1 Å². The third-order valence-corrected chi connectivity index (χ3v) is 4.96. The monoisotopic (exact) mass is 299 g/mol. The molecular weight excluding hydrogens is 277 g/mol. The van der Waals surface area contributed by atoms with E-state index in [1.807, 2.05) is 18.2 Å². The predicted octanol–water partition coefficient (Wildman–Crippen LogP) is 5.44. The third-order valence-electron chi connectivity index (χ3n) is 4.22. The lowest BCUT2D eigenvalue weighted by molar-refractivity contribution is 0.336. The van der Waals surface area contributed by atoms with Crippen molar-refractivity contribution < 1.29 is 0 Å². The smallest absolute Gasteiger partial charge is 0.0595 e. The van der Waals surface area contributed by atoms with Crippen molar-refractivity contribution in [2.45, 2.75) is 58.0 Å². The summed E-state index contributed by atoms with van der Waals surface area (Å²) in [6.07, 6.45) is 8.35. The molecule has 1 fully saturated rings. The molecule has 0 aromatic heterocycles. The number of rotatable bonds is 4. The van der Waals surface area contributed by atoms with Gasteiger partial charge in [0.15, 0.2) is 0 Å². The lowest BCUT2D eigenvalue weighted by Crippen LogP contribution is -2.32. The van der Waals surface area contributed by atoms with Gasteiger partial charge in [-0.15, -0.1) is 0 Å². The molecule has 0 heterocycles. The Morgan fingerprint density at radius 1 is 1.11 bits per heavy atom. The molecular formula is C16H23Cl2N. The van der Waals surface area contributed by atoms with Gasteiger partial charge in [-0.1, -0.05) is 55.0 Å². The Balaban J connectivity index is 1.84. The van der Waals surface area contributed by atoms with Gasteiger partial charge in [0.2, 0.25) is 0 Å². The Morgan fingerprint density at radius 3 is 2.42 bits per heavy atom. The first-order valence-corrected chi connectivity index (χ1v) is 8.09. The molecule has 0 radical (unpaired) electrons. The van der Waals surface area contributed by atoms with Crippen molar-refractivity contribution in [2.24, 2.45) is 5.92 Å². The zero-order valence-electron chi connectivity index (χ0n) is 11.6. The molecule has 1 aliphatic carbocycles. The summed E-state index contributed by atoms with van der Waals surface area (Å²) >= 11 is 12.0. The molecule has 19 heavy (non-hydrogen) atoms. The van der Waals surface area contributed by atoms with Crippen LogP contribution in [0.4, 0.5) is 0 Å². The molecule has 0 saturated heterocycles. The lowest BCUT2D eigenvalue weighted by atomic mass is 9.93. The minimum absolute atomic E-state index is 0.576. The summed E-state index contributed by atoms with van der Waals surface area (Å²) in [5.41, 5.74) is 1.20. The van der Waals surface area contributed by atoms with Crippen molar-refractivity contribution in [1.29, 1.82) is 0 Å². The quantitative estimate of drug-likeness (QED) is 0.730. The largest absolute Gasteiger partial charge is 0.310 e. The lowest BCUT2D eigenvalue weighted by Gasteiger charge is -2.23. The molecule has 0 bridgehead atoms. The molecule has 0 unspecified atom stereocenters. The summed E-state index contributed by atoms with van der Waals surface area (Å²) < 4.78 is 0. The Hall–Kier alpha value is -0.240. The van der Waals surface area contributed by atoms with Crippen LogP contribution in [0.25, 0.3) is 0 Å². The second-order valence-electron chi connectivity index (χ2n) is 5.67. The first-order valence-electron chi connectivity index (χ1n) is 7.34. The van der Waals surface area contributed by atoms with E-state index in [-0.39, 0.29) is 0 Å². The molecule has 1 N–H and O–H groups in total. The summed E-state index contributed by atoms with van der Waals surface area (Å²) in [7, 11) is 0. The number of nitrogens with one attached hydrogen (secondary N) is 1. The fourth-order valence-corrected chi connectivity index (χ4v) is 3.23. The van der Waals surface area contributed by atoms with Gasteiger partial charge in [-0.25, -0.2) is 0 Å². The van der Waals surface area contributed by atoms with E-state index >= 15 is 0 Å². The maximum absolute atomic E-state index is 6.04. The van der Waals surface area contributed by atoms with Gasteiger partial charge in [0.1, 0.15) is 0 Å². The van der Waals surface area contributed by atoms with E-state index < -0.39 is 0 Å². The number of halogens is 2. The highest BCUT2D eigenvalue weighted by atomic mass is 35.5. The van der Waals surface area contributed by atoms with Crippen LogP contribution in [0.15, 0.2) is 18.2 Å². The highest BCUT2D eigenvalue weighted by Crippen LogP contribution is 2.26.